The van der Waals surface area contributed by atoms with Gasteiger partial charge in [0.2, 0.25) is 5.91 Å². The molecule has 1 amide bonds. The van der Waals surface area contributed by atoms with Gasteiger partial charge in [-0.2, -0.15) is 0 Å². The van der Waals surface area contributed by atoms with Crippen molar-refractivity contribution in [2.45, 2.75) is 12.2 Å². The minimum absolute atomic E-state index is 0.158. The summed E-state index contributed by atoms with van der Waals surface area (Å²) >= 11 is 3.33. The molecule has 0 radical (unpaired) electrons. The fraction of sp³-hybridized carbons (Fsp3) is 0.417. The maximum atomic E-state index is 11.8. The molecule has 1 aromatic rings. The van der Waals surface area contributed by atoms with Gasteiger partial charge in [0.15, 0.2) is 0 Å². The van der Waals surface area contributed by atoms with Crippen LogP contribution in [0.25, 0.3) is 0 Å². The number of nitrogens with zero attached hydrogens (tertiary/aromatic N) is 1. The molecule has 0 aromatic heterocycles. The Morgan fingerprint density at radius 3 is 2.67 bits per heavy atom. The van der Waals surface area contributed by atoms with Gasteiger partial charge in [-0.15, -0.1) is 0 Å². The zero-order valence-electron chi connectivity index (χ0n) is 9.71. The van der Waals surface area contributed by atoms with E-state index in [1.807, 2.05) is 18.2 Å². The fourth-order valence-corrected chi connectivity index (χ4v) is 2.35. The molecule has 1 heterocycles. The minimum Gasteiger partial charge on any atom is -0.389 e. The molecule has 0 aliphatic carbocycles. The number of halogens is 1. The lowest BCUT2D eigenvalue weighted by Crippen LogP contribution is -2.32. The Kier molecular flexibility index (Phi) is 4.34. The van der Waals surface area contributed by atoms with Gasteiger partial charge >= 0.3 is 0 Å². The summed E-state index contributed by atoms with van der Waals surface area (Å²) in [5, 5.41) is 21.5. The molecule has 3 N–H and O–H groups in total. The van der Waals surface area contributed by atoms with Gasteiger partial charge in [0, 0.05) is 23.2 Å². The summed E-state index contributed by atoms with van der Waals surface area (Å²) in [5.41, 5.74) is 0.717. The number of hydrogen-bond acceptors (Lipinski definition) is 4. The van der Waals surface area contributed by atoms with Gasteiger partial charge in [-0.05, 0) is 18.2 Å². The number of carbonyl (C=O) groups excluding carboxylic acids is 1. The van der Waals surface area contributed by atoms with Crippen LogP contribution in [-0.2, 0) is 4.79 Å². The number of amides is 1. The van der Waals surface area contributed by atoms with Crippen molar-refractivity contribution in [2.24, 2.45) is 0 Å². The van der Waals surface area contributed by atoms with Crippen LogP contribution in [0, 0.1) is 0 Å². The average Bonchev–Trinajstić information content (AvgIpc) is 2.57. The summed E-state index contributed by atoms with van der Waals surface area (Å²) in [6.45, 7) is 0.820. The number of anilines is 1. The first-order valence-corrected chi connectivity index (χ1v) is 6.48. The number of β-amino-alcohol motifs (C(OH)–C–C–N with tert-alkyl or cyclic N) is 2. The van der Waals surface area contributed by atoms with Gasteiger partial charge in [0.05, 0.1) is 18.8 Å². The van der Waals surface area contributed by atoms with Crippen LogP contribution < -0.4 is 5.32 Å². The van der Waals surface area contributed by atoms with Crippen LogP contribution in [0.2, 0.25) is 0 Å². The van der Waals surface area contributed by atoms with Crippen LogP contribution in [0.4, 0.5) is 5.69 Å². The predicted octanol–water partition coefficient (Wildman–Crippen LogP) is 0.425. The summed E-state index contributed by atoms with van der Waals surface area (Å²) in [6.07, 6.45) is -1.52. The number of nitrogens with one attached hydrogen (secondary N) is 1. The Balaban J connectivity index is 1.86. The van der Waals surface area contributed by atoms with E-state index in [0.29, 0.717) is 13.1 Å². The molecule has 6 heteroatoms. The molecule has 98 valence electrons. The standard InChI is InChI=1S/C12H15BrN2O3/c13-8-2-1-3-9(4-8)14-12(18)7-15-5-10(16)11(17)6-15/h1-4,10-11,16-17H,5-7H2,(H,14,18). The molecule has 0 spiro atoms. The number of rotatable bonds is 3. The number of carbonyl (C=O) groups is 1. The summed E-state index contributed by atoms with van der Waals surface area (Å²) in [7, 11) is 0. The molecular weight excluding hydrogens is 300 g/mol. The van der Waals surface area contributed by atoms with Crippen LogP contribution in [-0.4, -0.2) is 52.9 Å². The normalized spacial score (nSPS) is 24.2. The lowest BCUT2D eigenvalue weighted by Gasteiger charge is -2.14. The van der Waals surface area contributed by atoms with Crippen molar-refractivity contribution in [3.8, 4) is 0 Å². The number of aliphatic hydroxyl groups is 2. The van der Waals surface area contributed by atoms with Crippen LogP contribution in [0.5, 0.6) is 0 Å². The van der Waals surface area contributed by atoms with E-state index in [4.69, 9.17) is 0 Å². The van der Waals surface area contributed by atoms with Crippen molar-refractivity contribution in [1.82, 2.24) is 4.90 Å². The van der Waals surface area contributed by atoms with Crippen molar-refractivity contribution in [3.05, 3.63) is 28.7 Å². The molecule has 0 saturated carbocycles. The smallest absolute Gasteiger partial charge is 0.238 e. The Hall–Kier alpha value is -0.950. The van der Waals surface area contributed by atoms with E-state index in [9.17, 15) is 15.0 Å². The lowest BCUT2D eigenvalue weighted by atomic mass is 10.3. The first kappa shape index (κ1) is 13.5. The highest BCUT2D eigenvalue weighted by molar-refractivity contribution is 9.10. The number of aliphatic hydroxyl groups excluding tert-OH is 2. The highest BCUT2D eigenvalue weighted by Gasteiger charge is 2.30. The van der Waals surface area contributed by atoms with Crippen molar-refractivity contribution < 1.29 is 15.0 Å². The summed E-state index contributed by atoms with van der Waals surface area (Å²) < 4.78 is 0.896. The molecule has 2 rings (SSSR count). The third kappa shape index (κ3) is 3.52. The van der Waals surface area contributed by atoms with E-state index in [1.165, 1.54) is 0 Å². The summed E-state index contributed by atoms with van der Waals surface area (Å²) in [5.74, 6) is -0.158. The molecule has 18 heavy (non-hydrogen) atoms. The zero-order valence-corrected chi connectivity index (χ0v) is 11.3. The first-order valence-electron chi connectivity index (χ1n) is 5.68. The van der Waals surface area contributed by atoms with Crippen molar-refractivity contribution in [2.75, 3.05) is 25.0 Å². The van der Waals surface area contributed by atoms with E-state index < -0.39 is 12.2 Å². The maximum absolute atomic E-state index is 11.8. The highest BCUT2D eigenvalue weighted by Crippen LogP contribution is 2.16. The Labute approximate surface area is 114 Å². The van der Waals surface area contributed by atoms with Gasteiger partial charge in [0.25, 0.3) is 0 Å². The van der Waals surface area contributed by atoms with E-state index in [2.05, 4.69) is 21.2 Å². The summed E-state index contributed by atoms with van der Waals surface area (Å²) in [6, 6.07) is 7.33. The van der Waals surface area contributed by atoms with Crippen molar-refractivity contribution in [3.63, 3.8) is 0 Å². The molecule has 2 unspecified atom stereocenters. The van der Waals surface area contributed by atoms with Gasteiger partial charge < -0.3 is 15.5 Å². The van der Waals surface area contributed by atoms with Crippen LogP contribution in [0.1, 0.15) is 0 Å². The number of likely N-dealkylation sites (tertiary alicyclic amines) is 1. The molecule has 2 atom stereocenters. The second-order valence-electron chi connectivity index (χ2n) is 4.39. The first-order chi connectivity index (χ1) is 8.54. The third-order valence-corrected chi connectivity index (χ3v) is 3.30. The lowest BCUT2D eigenvalue weighted by molar-refractivity contribution is -0.117. The van der Waals surface area contributed by atoms with Gasteiger partial charge in [0.1, 0.15) is 0 Å². The molecule has 1 saturated heterocycles. The topological polar surface area (TPSA) is 72.8 Å². The third-order valence-electron chi connectivity index (χ3n) is 2.81. The molecule has 1 aromatic carbocycles. The fourth-order valence-electron chi connectivity index (χ4n) is 1.95. The molecule has 5 nitrogen and oxygen atoms in total. The average molecular weight is 315 g/mol. The summed E-state index contributed by atoms with van der Waals surface area (Å²) in [4.78, 5) is 13.5. The Morgan fingerprint density at radius 2 is 2.06 bits per heavy atom. The SMILES string of the molecule is O=C(CN1CC(O)C(O)C1)Nc1cccc(Br)c1. The van der Waals surface area contributed by atoms with Crippen LogP contribution in [0.3, 0.4) is 0 Å². The number of hydrogen-bond donors (Lipinski definition) is 3. The molecule has 0 bridgehead atoms. The second kappa shape index (κ2) is 5.79. The van der Waals surface area contributed by atoms with E-state index in [-0.39, 0.29) is 12.5 Å². The van der Waals surface area contributed by atoms with Crippen LogP contribution in [0.15, 0.2) is 28.7 Å². The van der Waals surface area contributed by atoms with Gasteiger partial charge in [-0.3, -0.25) is 9.69 Å². The predicted molar refractivity (Wildman–Crippen MR) is 71.2 cm³/mol. The Bertz CT molecular complexity index is 431. The minimum atomic E-state index is -0.760. The zero-order chi connectivity index (χ0) is 13.1. The molecular formula is C12H15BrN2O3. The monoisotopic (exact) mass is 314 g/mol. The Morgan fingerprint density at radius 1 is 1.39 bits per heavy atom. The van der Waals surface area contributed by atoms with E-state index in [1.54, 1.807) is 11.0 Å². The number of benzene rings is 1. The van der Waals surface area contributed by atoms with Gasteiger partial charge in [-0.1, -0.05) is 22.0 Å². The largest absolute Gasteiger partial charge is 0.389 e. The molecule has 1 aliphatic heterocycles. The van der Waals surface area contributed by atoms with Crippen molar-refractivity contribution >= 4 is 27.5 Å². The van der Waals surface area contributed by atoms with Gasteiger partial charge in [-0.25, -0.2) is 0 Å². The van der Waals surface area contributed by atoms with Crippen LogP contribution >= 0.6 is 15.9 Å². The van der Waals surface area contributed by atoms with E-state index in [0.717, 1.165) is 10.2 Å². The second-order valence-corrected chi connectivity index (χ2v) is 5.30. The molecule has 1 aliphatic rings. The van der Waals surface area contributed by atoms with E-state index >= 15 is 0 Å². The molecule has 1 fully saturated rings. The highest BCUT2D eigenvalue weighted by atomic mass is 79.9. The maximum Gasteiger partial charge on any atom is 0.238 e. The van der Waals surface area contributed by atoms with Crippen molar-refractivity contribution in [1.29, 1.82) is 0 Å². The quantitative estimate of drug-likeness (QED) is 0.756.